The number of carbonyl (C=O) groups excluding carboxylic acids is 2. The van der Waals surface area contributed by atoms with E-state index in [1.807, 2.05) is 0 Å². The SMILES string of the molecule is Nc1cc(Cl)nc(Nc2ccc3c(c2)C(=O)NC3=O)c1. The number of imide groups is 1. The third-order valence-corrected chi connectivity index (χ3v) is 3.02. The fourth-order valence-electron chi connectivity index (χ4n) is 1.97. The Morgan fingerprint density at radius 3 is 2.60 bits per heavy atom. The summed E-state index contributed by atoms with van der Waals surface area (Å²) < 4.78 is 0. The summed E-state index contributed by atoms with van der Waals surface area (Å²) in [4.78, 5) is 27.1. The molecule has 0 aliphatic carbocycles. The van der Waals surface area contributed by atoms with Crippen LogP contribution in [-0.4, -0.2) is 16.8 Å². The van der Waals surface area contributed by atoms with Gasteiger partial charge in [0, 0.05) is 17.4 Å². The topological polar surface area (TPSA) is 97.1 Å². The molecule has 0 spiro atoms. The molecule has 4 N–H and O–H groups in total. The number of benzene rings is 1. The highest BCUT2D eigenvalue weighted by Crippen LogP contribution is 2.24. The fraction of sp³-hybridized carbons (Fsp3) is 0. The molecule has 1 aromatic carbocycles. The minimum absolute atomic E-state index is 0.265. The first-order valence-electron chi connectivity index (χ1n) is 5.73. The van der Waals surface area contributed by atoms with E-state index in [-0.39, 0.29) is 11.1 Å². The first kappa shape index (κ1) is 12.4. The molecule has 3 rings (SSSR count). The second-order valence-electron chi connectivity index (χ2n) is 4.28. The molecule has 1 aliphatic rings. The van der Waals surface area contributed by atoms with Gasteiger partial charge in [-0.3, -0.25) is 14.9 Å². The molecule has 0 saturated heterocycles. The largest absolute Gasteiger partial charge is 0.399 e. The maximum atomic E-state index is 11.6. The van der Waals surface area contributed by atoms with E-state index in [1.54, 1.807) is 24.3 Å². The number of aromatic nitrogens is 1. The highest BCUT2D eigenvalue weighted by molar-refractivity contribution is 6.29. The van der Waals surface area contributed by atoms with Gasteiger partial charge in [0.05, 0.1) is 11.1 Å². The van der Waals surface area contributed by atoms with Crippen LogP contribution < -0.4 is 16.4 Å². The maximum absolute atomic E-state index is 11.6. The zero-order valence-corrected chi connectivity index (χ0v) is 10.9. The third-order valence-electron chi connectivity index (χ3n) is 2.82. The van der Waals surface area contributed by atoms with Crippen molar-refractivity contribution in [3.63, 3.8) is 0 Å². The molecule has 2 heterocycles. The number of carbonyl (C=O) groups is 2. The average molecular weight is 289 g/mol. The van der Waals surface area contributed by atoms with Crippen LogP contribution in [0.5, 0.6) is 0 Å². The van der Waals surface area contributed by atoms with Crippen LogP contribution >= 0.6 is 11.6 Å². The van der Waals surface area contributed by atoms with Crippen LogP contribution in [0.3, 0.4) is 0 Å². The quantitative estimate of drug-likeness (QED) is 0.579. The van der Waals surface area contributed by atoms with E-state index in [2.05, 4.69) is 15.6 Å². The summed E-state index contributed by atoms with van der Waals surface area (Å²) in [5.74, 6) is -0.339. The van der Waals surface area contributed by atoms with Crippen LogP contribution in [-0.2, 0) is 0 Å². The number of amides is 2. The highest BCUT2D eigenvalue weighted by atomic mass is 35.5. The molecule has 1 aliphatic heterocycles. The Bertz CT molecular complexity index is 725. The van der Waals surface area contributed by atoms with E-state index in [4.69, 9.17) is 17.3 Å². The van der Waals surface area contributed by atoms with Crippen molar-refractivity contribution in [2.45, 2.75) is 0 Å². The lowest BCUT2D eigenvalue weighted by atomic mass is 10.1. The first-order valence-corrected chi connectivity index (χ1v) is 6.10. The number of nitrogens with two attached hydrogens (primary N) is 1. The van der Waals surface area contributed by atoms with Crippen molar-refractivity contribution in [3.8, 4) is 0 Å². The van der Waals surface area contributed by atoms with Crippen LogP contribution in [0, 0.1) is 0 Å². The predicted octanol–water partition coefficient (Wildman–Crippen LogP) is 1.94. The van der Waals surface area contributed by atoms with Crippen LogP contribution in [0.1, 0.15) is 20.7 Å². The summed E-state index contributed by atoms with van der Waals surface area (Å²) >= 11 is 5.81. The maximum Gasteiger partial charge on any atom is 0.259 e. The molecule has 0 fully saturated rings. The molecule has 7 heteroatoms. The van der Waals surface area contributed by atoms with Crippen molar-refractivity contribution < 1.29 is 9.59 Å². The standard InChI is InChI=1S/C13H9ClN4O2/c14-10-3-6(15)4-11(17-10)16-7-1-2-8-9(5-7)13(20)18-12(8)19/h1-5H,(H3,15,16,17)(H,18,19,20). The van der Waals surface area contributed by atoms with Gasteiger partial charge in [-0.2, -0.15) is 0 Å². The number of hydrogen-bond donors (Lipinski definition) is 3. The van der Waals surface area contributed by atoms with E-state index in [0.29, 0.717) is 28.3 Å². The van der Waals surface area contributed by atoms with E-state index >= 15 is 0 Å². The molecule has 20 heavy (non-hydrogen) atoms. The van der Waals surface area contributed by atoms with Gasteiger partial charge >= 0.3 is 0 Å². The van der Waals surface area contributed by atoms with Gasteiger partial charge in [-0.05, 0) is 24.3 Å². The van der Waals surface area contributed by atoms with Crippen LogP contribution in [0.25, 0.3) is 0 Å². The van der Waals surface area contributed by atoms with Gasteiger partial charge in [0.25, 0.3) is 11.8 Å². The van der Waals surface area contributed by atoms with Gasteiger partial charge in [0.1, 0.15) is 11.0 Å². The number of anilines is 3. The minimum atomic E-state index is -0.410. The van der Waals surface area contributed by atoms with Crippen LogP contribution in [0.4, 0.5) is 17.2 Å². The molecule has 0 saturated carbocycles. The summed E-state index contributed by atoms with van der Waals surface area (Å²) in [5.41, 5.74) is 7.45. The average Bonchev–Trinajstić information content (AvgIpc) is 2.63. The lowest BCUT2D eigenvalue weighted by Gasteiger charge is -2.07. The third kappa shape index (κ3) is 2.17. The zero-order chi connectivity index (χ0) is 14.3. The Morgan fingerprint density at radius 1 is 1.10 bits per heavy atom. The second-order valence-corrected chi connectivity index (χ2v) is 4.66. The molecule has 0 unspecified atom stereocenters. The number of nitrogens with one attached hydrogen (secondary N) is 2. The highest BCUT2D eigenvalue weighted by Gasteiger charge is 2.26. The number of pyridine rings is 1. The van der Waals surface area contributed by atoms with Gasteiger partial charge in [-0.25, -0.2) is 4.98 Å². The van der Waals surface area contributed by atoms with Gasteiger partial charge < -0.3 is 11.1 Å². The summed E-state index contributed by atoms with van der Waals surface area (Å²) in [6.07, 6.45) is 0. The Labute approximate surface area is 118 Å². The number of hydrogen-bond acceptors (Lipinski definition) is 5. The van der Waals surface area contributed by atoms with E-state index in [0.717, 1.165) is 0 Å². The molecule has 100 valence electrons. The second kappa shape index (κ2) is 4.50. The molecular formula is C13H9ClN4O2. The molecule has 1 aromatic heterocycles. The summed E-state index contributed by atoms with van der Waals surface area (Å²) in [6, 6.07) is 7.97. The Morgan fingerprint density at radius 2 is 1.85 bits per heavy atom. The van der Waals surface area contributed by atoms with Crippen LogP contribution in [0.15, 0.2) is 30.3 Å². The van der Waals surface area contributed by atoms with Gasteiger partial charge in [0.15, 0.2) is 0 Å². The van der Waals surface area contributed by atoms with E-state index in [9.17, 15) is 9.59 Å². The fourth-order valence-corrected chi connectivity index (χ4v) is 2.19. The lowest BCUT2D eigenvalue weighted by molar-refractivity contribution is 0.0879. The van der Waals surface area contributed by atoms with Gasteiger partial charge in [-0.15, -0.1) is 0 Å². The molecule has 2 amide bonds. The molecular weight excluding hydrogens is 280 g/mol. The van der Waals surface area contributed by atoms with Gasteiger partial charge in [0.2, 0.25) is 0 Å². The lowest BCUT2D eigenvalue weighted by Crippen LogP contribution is -2.19. The molecule has 6 nitrogen and oxygen atoms in total. The smallest absolute Gasteiger partial charge is 0.259 e. The number of nitrogen functional groups attached to an aromatic ring is 1. The molecule has 0 bridgehead atoms. The molecule has 0 atom stereocenters. The summed E-state index contributed by atoms with van der Waals surface area (Å²) in [5, 5.41) is 5.48. The normalized spacial score (nSPS) is 13.1. The van der Waals surface area contributed by atoms with Crippen molar-refractivity contribution >= 4 is 40.6 Å². The Hall–Kier alpha value is -2.60. The van der Waals surface area contributed by atoms with Crippen molar-refractivity contribution in [3.05, 3.63) is 46.6 Å². The molecule has 2 aromatic rings. The van der Waals surface area contributed by atoms with Crippen LogP contribution in [0.2, 0.25) is 5.15 Å². The summed E-state index contributed by atoms with van der Waals surface area (Å²) in [6.45, 7) is 0. The Kier molecular flexibility index (Phi) is 2.80. The number of nitrogens with zero attached hydrogens (tertiary/aromatic N) is 1. The minimum Gasteiger partial charge on any atom is -0.399 e. The summed E-state index contributed by atoms with van der Waals surface area (Å²) in [7, 11) is 0. The van der Waals surface area contributed by atoms with Crippen molar-refractivity contribution in [1.82, 2.24) is 10.3 Å². The Balaban J connectivity index is 1.94. The van der Waals surface area contributed by atoms with E-state index in [1.165, 1.54) is 6.07 Å². The number of fused-ring (bicyclic) bond motifs is 1. The first-order chi connectivity index (χ1) is 9.52. The number of rotatable bonds is 2. The number of halogens is 1. The van der Waals surface area contributed by atoms with Crippen molar-refractivity contribution in [1.29, 1.82) is 0 Å². The van der Waals surface area contributed by atoms with Gasteiger partial charge in [-0.1, -0.05) is 11.6 Å². The van der Waals surface area contributed by atoms with E-state index < -0.39 is 5.91 Å². The molecule has 0 radical (unpaired) electrons. The predicted molar refractivity (Wildman–Crippen MR) is 75.2 cm³/mol. The zero-order valence-electron chi connectivity index (χ0n) is 10.1. The monoisotopic (exact) mass is 288 g/mol. The van der Waals surface area contributed by atoms with Crippen molar-refractivity contribution in [2.24, 2.45) is 0 Å². The van der Waals surface area contributed by atoms with Crippen molar-refractivity contribution in [2.75, 3.05) is 11.1 Å².